The molecule has 6 heteroatoms. The molecular formula is C24H35ClN2O3. The lowest BCUT2D eigenvalue weighted by Gasteiger charge is -2.38. The van der Waals surface area contributed by atoms with E-state index in [1.807, 2.05) is 49.9 Å². The summed E-state index contributed by atoms with van der Waals surface area (Å²) in [6, 6.07) is 7.84. The number of carbonyl (C=O) groups is 2. The Bertz CT molecular complexity index is 732. The third-order valence-corrected chi connectivity index (χ3v) is 6.36. The Morgan fingerprint density at radius 2 is 1.77 bits per heavy atom. The van der Waals surface area contributed by atoms with Crippen LogP contribution in [0.2, 0.25) is 5.02 Å². The van der Waals surface area contributed by atoms with E-state index in [1.165, 1.54) is 19.3 Å². The molecular weight excluding hydrogens is 400 g/mol. The first-order chi connectivity index (χ1) is 14.2. The third-order valence-electron chi connectivity index (χ3n) is 6.12. The molecule has 1 saturated heterocycles. The lowest BCUT2D eigenvalue weighted by molar-refractivity contribution is -0.135. The molecule has 2 fully saturated rings. The van der Waals surface area contributed by atoms with Crippen molar-refractivity contribution in [3.8, 4) is 0 Å². The predicted molar refractivity (Wildman–Crippen MR) is 120 cm³/mol. The lowest BCUT2D eigenvalue weighted by Crippen LogP contribution is -2.49. The fraction of sp³-hybridized carbons (Fsp3) is 0.667. The summed E-state index contributed by atoms with van der Waals surface area (Å²) in [5.41, 5.74) is 0.527. The van der Waals surface area contributed by atoms with Crippen LogP contribution in [-0.2, 0) is 9.53 Å². The van der Waals surface area contributed by atoms with Crippen LogP contribution in [0, 0.1) is 5.92 Å². The first kappa shape index (κ1) is 22.9. The van der Waals surface area contributed by atoms with Crippen LogP contribution in [0.4, 0.5) is 4.79 Å². The molecule has 1 heterocycles. The van der Waals surface area contributed by atoms with Crippen LogP contribution in [0.15, 0.2) is 24.3 Å². The van der Waals surface area contributed by atoms with Crippen LogP contribution in [0.25, 0.3) is 0 Å². The second-order valence-corrected chi connectivity index (χ2v) is 10.1. The van der Waals surface area contributed by atoms with Crippen LogP contribution in [-0.4, -0.2) is 41.6 Å². The minimum Gasteiger partial charge on any atom is -0.444 e. The van der Waals surface area contributed by atoms with Gasteiger partial charge < -0.3 is 15.0 Å². The number of amides is 2. The van der Waals surface area contributed by atoms with Gasteiger partial charge >= 0.3 is 6.09 Å². The molecule has 0 bridgehead atoms. The number of ether oxygens (including phenoxy) is 1. The number of likely N-dealkylation sites (tertiary alicyclic amines) is 1. The van der Waals surface area contributed by atoms with E-state index in [0.29, 0.717) is 24.0 Å². The van der Waals surface area contributed by atoms with E-state index in [2.05, 4.69) is 5.32 Å². The Balaban J connectivity index is 1.64. The third kappa shape index (κ3) is 6.37. The van der Waals surface area contributed by atoms with Gasteiger partial charge in [0.1, 0.15) is 5.60 Å². The molecule has 0 aromatic heterocycles. The van der Waals surface area contributed by atoms with E-state index in [0.717, 1.165) is 31.2 Å². The van der Waals surface area contributed by atoms with E-state index >= 15 is 0 Å². The predicted octanol–water partition coefficient (Wildman–Crippen LogP) is 5.52. The molecule has 30 heavy (non-hydrogen) atoms. The summed E-state index contributed by atoms with van der Waals surface area (Å²) >= 11 is 6.25. The van der Waals surface area contributed by atoms with E-state index in [1.54, 1.807) is 0 Å². The average molecular weight is 435 g/mol. The van der Waals surface area contributed by atoms with E-state index in [9.17, 15) is 9.59 Å². The average Bonchev–Trinajstić information content (AvgIpc) is 2.68. The molecule has 0 radical (unpaired) electrons. The molecule has 1 saturated carbocycles. The van der Waals surface area contributed by atoms with Gasteiger partial charge in [0, 0.05) is 24.2 Å². The lowest BCUT2D eigenvalue weighted by atomic mass is 9.76. The van der Waals surface area contributed by atoms with Crippen molar-refractivity contribution in [1.82, 2.24) is 10.2 Å². The van der Waals surface area contributed by atoms with Crippen molar-refractivity contribution >= 4 is 23.6 Å². The van der Waals surface area contributed by atoms with Crippen molar-refractivity contribution in [1.29, 1.82) is 0 Å². The zero-order chi connectivity index (χ0) is 21.7. The largest absolute Gasteiger partial charge is 0.444 e. The Morgan fingerprint density at radius 1 is 1.10 bits per heavy atom. The highest BCUT2D eigenvalue weighted by Gasteiger charge is 2.35. The summed E-state index contributed by atoms with van der Waals surface area (Å²) in [4.78, 5) is 27.6. The number of carbonyl (C=O) groups excluding carboxylic acids is 2. The van der Waals surface area contributed by atoms with Gasteiger partial charge in [0.15, 0.2) is 0 Å². The van der Waals surface area contributed by atoms with Gasteiger partial charge in [-0.15, -0.1) is 0 Å². The molecule has 1 atom stereocenters. The van der Waals surface area contributed by atoms with Gasteiger partial charge in [0.05, 0.1) is 5.92 Å². The maximum absolute atomic E-state index is 13.6. The smallest absolute Gasteiger partial charge is 0.407 e. The highest BCUT2D eigenvalue weighted by molar-refractivity contribution is 6.30. The molecule has 5 nitrogen and oxygen atoms in total. The van der Waals surface area contributed by atoms with Gasteiger partial charge in [-0.05, 0) is 70.1 Å². The number of rotatable bonds is 4. The zero-order valence-electron chi connectivity index (χ0n) is 18.5. The number of benzene rings is 1. The molecule has 1 aromatic rings. The second kappa shape index (κ2) is 10.0. The standard InChI is InChI=1S/C24H35ClN2O3/c1-24(2,3)30-23(29)26-20-12-14-27(15-13-20)22(28)21(17-8-5-4-6-9-17)18-10-7-11-19(25)16-18/h7,10-11,16-17,20-21H,4-6,8-9,12-15H2,1-3H3,(H,26,29). The van der Waals surface area contributed by atoms with Crippen molar-refractivity contribution in [3.63, 3.8) is 0 Å². The molecule has 1 unspecified atom stereocenters. The minimum atomic E-state index is -0.509. The van der Waals surface area contributed by atoms with Gasteiger partial charge in [-0.2, -0.15) is 0 Å². The second-order valence-electron chi connectivity index (χ2n) is 9.68. The van der Waals surface area contributed by atoms with Crippen molar-refractivity contribution < 1.29 is 14.3 Å². The number of hydrogen-bond donors (Lipinski definition) is 1. The summed E-state index contributed by atoms with van der Waals surface area (Å²) in [6.07, 6.45) is 6.95. The summed E-state index contributed by atoms with van der Waals surface area (Å²) in [7, 11) is 0. The number of nitrogens with zero attached hydrogens (tertiary/aromatic N) is 1. The molecule has 1 aliphatic carbocycles. The number of piperidine rings is 1. The fourth-order valence-electron chi connectivity index (χ4n) is 4.70. The molecule has 0 spiro atoms. The molecule has 2 aliphatic rings. The van der Waals surface area contributed by atoms with Crippen LogP contribution >= 0.6 is 11.6 Å². The quantitative estimate of drug-likeness (QED) is 0.678. The Labute approximate surface area is 185 Å². The van der Waals surface area contributed by atoms with Crippen molar-refractivity contribution in [2.45, 2.75) is 83.3 Å². The van der Waals surface area contributed by atoms with Crippen LogP contribution in [0.5, 0.6) is 0 Å². The fourth-order valence-corrected chi connectivity index (χ4v) is 4.90. The first-order valence-electron chi connectivity index (χ1n) is 11.3. The Kier molecular flexibility index (Phi) is 7.67. The molecule has 1 aromatic carbocycles. The van der Waals surface area contributed by atoms with Crippen molar-refractivity contribution in [2.75, 3.05) is 13.1 Å². The van der Waals surface area contributed by atoms with Gasteiger partial charge in [-0.3, -0.25) is 4.79 Å². The number of nitrogens with one attached hydrogen (secondary N) is 1. The summed E-state index contributed by atoms with van der Waals surface area (Å²) in [6.45, 7) is 6.88. The van der Waals surface area contributed by atoms with E-state index in [4.69, 9.17) is 16.3 Å². The molecule has 2 amide bonds. The van der Waals surface area contributed by atoms with Gasteiger partial charge in [-0.1, -0.05) is 43.0 Å². The highest BCUT2D eigenvalue weighted by atomic mass is 35.5. The topological polar surface area (TPSA) is 58.6 Å². The molecule has 1 N–H and O–H groups in total. The molecule has 3 rings (SSSR count). The summed E-state index contributed by atoms with van der Waals surface area (Å²) in [5.74, 6) is 0.460. The summed E-state index contributed by atoms with van der Waals surface area (Å²) in [5, 5.41) is 3.63. The zero-order valence-corrected chi connectivity index (χ0v) is 19.2. The maximum Gasteiger partial charge on any atom is 0.407 e. The van der Waals surface area contributed by atoms with Gasteiger partial charge in [0.2, 0.25) is 5.91 Å². The van der Waals surface area contributed by atoms with Gasteiger partial charge in [-0.25, -0.2) is 4.79 Å². The molecule has 166 valence electrons. The number of halogens is 1. The van der Waals surface area contributed by atoms with Crippen molar-refractivity contribution in [3.05, 3.63) is 34.9 Å². The van der Waals surface area contributed by atoms with Crippen molar-refractivity contribution in [2.24, 2.45) is 5.92 Å². The Hall–Kier alpha value is -1.75. The normalized spacial score (nSPS) is 19.9. The Morgan fingerprint density at radius 3 is 2.37 bits per heavy atom. The van der Waals surface area contributed by atoms with Crippen LogP contribution in [0.3, 0.4) is 0 Å². The van der Waals surface area contributed by atoms with Gasteiger partial charge in [0.25, 0.3) is 0 Å². The first-order valence-corrected chi connectivity index (χ1v) is 11.6. The summed E-state index contributed by atoms with van der Waals surface area (Å²) < 4.78 is 5.36. The van der Waals surface area contributed by atoms with E-state index in [-0.39, 0.29) is 24.0 Å². The number of alkyl carbamates (subject to hydrolysis) is 1. The van der Waals surface area contributed by atoms with E-state index < -0.39 is 5.60 Å². The van der Waals surface area contributed by atoms with Crippen LogP contribution in [0.1, 0.15) is 77.2 Å². The number of hydrogen-bond acceptors (Lipinski definition) is 3. The highest BCUT2D eigenvalue weighted by Crippen LogP contribution is 2.38. The minimum absolute atomic E-state index is 0.0446. The maximum atomic E-state index is 13.6. The van der Waals surface area contributed by atoms with Crippen LogP contribution < -0.4 is 5.32 Å². The monoisotopic (exact) mass is 434 g/mol. The SMILES string of the molecule is CC(C)(C)OC(=O)NC1CCN(C(=O)C(c2cccc(Cl)c2)C2CCCCC2)CC1. The molecule has 1 aliphatic heterocycles.